The molecule has 1 aromatic rings. The summed E-state index contributed by atoms with van der Waals surface area (Å²) >= 11 is 0. The molecule has 4 atom stereocenters. The molecule has 0 aromatic heterocycles. The molecule has 0 radical (unpaired) electrons. The smallest absolute Gasteiger partial charge is 0.408 e. The van der Waals surface area contributed by atoms with Crippen LogP contribution in [0, 0.1) is 11.7 Å². The van der Waals surface area contributed by atoms with Crippen LogP contribution in [0.4, 0.5) is 14.9 Å². The summed E-state index contributed by atoms with van der Waals surface area (Å²) in [6.45, 7) is 5.47. The minimum absolute atomic E-state index is 0.136. The lowest BCUT2D eigenvalue weighted by Crippen LogP contribution is -2.59. The maximum Gasteiger partial charge on any atom is 0.408 e. The largest absolute Gasteiger partial charge is 0.444 e. The van der Waals surface area contributed by atoms with Crippen molar-refractivity contribution in [2.24, 2.45) is 5.92 Å². The summed E-state index contributed by atoms with van der Waals surface area (Å²) in [5, 5.41) is 5.47. The van der Waals surface area contributed by atoms with Crippen LogP contribution in [0.1, 0.15) is 72.1 Å². The number of alkyl carbamates (subject to hydrolysis) is 1. The molecule has 2 heterocycles. The highest BCUT2D eigenvalue weighted by Gasteiger charge is 2.61. The maximum atomic E-state index is 13.7. The van der Waals surface area contributed by atoms with Crippen molar-refractivity contribution >= 4 is 39.7 Å². The molecule has 2 aliphatic heterocycles. The molecule has 4 unspecified atom stereocenters. The fourth-order valence-corrected chi connectivity index (χ4v) is 6.56. The molecular formula is C30H42FN5O7S. The Bertz CT molecular complexity index is 1400. The Hall–Kier alpha value is -3.68. The van der Waals surface area contributed by atoms with Gasteiger partial charge in [-0.2, -0.15) is 8.42 Å². The van der Waals surface area contributed by atoms with Gasteiger partial charge in [0.05, 0.1) is 5.69 Å². The molecule has 1 saturated heterocycles. The average Bonchev–Trinajstić information content (AvgIpc) is 3.40. The second-order valence-corrected chi connectivity index (χ2v) is 14.3. The Morgan fingerprint density at radius 3 is 2.48 bits per heavy atom. The number of carbonyl (C=O) groups excluding carboxylic acids is 4. The number of amides is 4. The van der Waals surface area contributed by atoms with Crippen LogP contribution in [0.15, 0.2) is 36.4 Å². The predicted molar refractivity (Wildman–Crippen MR) is 161 cm³/mol. The van der Waals surface area contributed by atoms with Crippen molar-refractivity contribution in [1.82, 2.24) is 20.3 Å². The summed E-state index contributed by atoms with van der Waals surface area (Å²) in [5.41, 5.74) is -2.15. The number of hydrogen-bond acceptors (Lipinski definition) is 7. The van der Waals surface area contributed by atoms with Gasteiger partial charge in [-0.05, 0) is 83.6 Å². The zero-order chi connectivity index (χ0) is 32.3. The van der Waals surface area contributed by atoms with Crippen LogP contribution in [0.5, 0.6) is 0 Å². The van der Waals surface area contributed by atoms with Gasteiger partial charge in [0.2, 0.25) is 11.8 Å². The standard InChI is InChI=1S/C30H42FN5O7S/c1-29(2,3)43-28(40)32-23-12-9-7-5-6-8-11-20-19-30(20,33-25(37)24-13-10-18-36(24)26(23)38)27(39)34-44(41,42)35(4)22-16-14-21(31)15-17-22/h8,11,14-17,20,23-24H,5-7,9-10,12-13,18-19H2,1-4H3,(H,32,40)(H,33,37)(H,34,39)/b11-8-. The summed E-state index contributed by atoms with van der Waals surface area (Å²) in [5.74, 6) is -2.87. The first-order valence-electron chi connectivity index (χ1n) is 15.0. The van der Waals surface area contributed by atoms with E-state index in [1.165, 1.54) is 24.1 Å². The fourth-order valence-electron chi connectivity index (χ4n) is 5.61. The number of nitrogens with one attached hydrogen (secondary N) is 3. The summed E-state index contributed by atoms with van der Waals surface area (Å²) in [7, 11) is -3.18. The second kappa shape index (κ2) is 13.1. The van der Waals surface area contributed by atoms with Gasteiger partial charge in [0.15, 0.2) is 0 Å². The molecule has 0 spiro atoms. The van der Waals surface area contributed by atoms with Gasteiger partial charge < -0.3 is 20.3 Å². The van der Waals surface area contributed by atoms with Gasteiger partial charge in [0.1, 0.15) is 29.0 Å². The Morgan fingerprint density at radius 1 is 1.09 bits per heavy atom. The highest BCUT2D eigenvalue weighted by atomic mass is 32.2. The van der Waals surface area contributed by atoms with E-state index in [1.54, 1.807) is 20.8 Å². The van der Waals surface area contributed by atoms with Gasteiger partial charge in [-0.25, -0.2) is 13.9 Å². The number of anilines is 1. The third-order valence-electron chi connectivity index (χ3n) is 8.10. The molecule has 4 amide bonds. The molecule has 1 aromatic carbocycles. The van der Waals surface area contributed by atoms with Crippen LogP contribution in [-0.2, 0) is 29.3 Å². The molecule has 1 aliphatic carbocycles. The number of fused-ring (bicyclic) bond motifs is 2. The van der Waals surface area contributed by atoms with E-state index in [0.29, 0.717) is 38.6 Å². The SMILES string of the molecule is CN(c1ccc(F)cc1)S(=O)(=O)NC(=O)C12CC1/C=C\CCCCCC(NC(=O)OC(C)(C)C)C(=O)N1CCCC1C(=O)N2. The number of nitrogens with zero attached hydrogens (tertiary/aromatic N) is 2. The number of hydrogen-bond donors (Lipinski definition) is 3. The molecule has 242 valence electrons. The predicted octanol–water partition coefficient (Wildman–Crippen LogP) is 2.90. The van der Waals surface area contributed by atoms with Crippen LogP contribution in [-0.4, -0.2) is 73.9 Å². The highest BCUT2D eigenvalue weighted by molar-refractivity contribution is 7.91. The first-order chi connectivity index (χ1) is 20.6. The van der Waals surface area contributed by atoms with Gasteiger partial charge in [-0.1, -0.05) is 25.0 Å². The van der Waals surface area contributed by atoms with Crippen molar-refractivity contribution in [2.45, 2.75) is 95.4 Å². The summed E-state index contributed by atoms with van der Waals surface area (Å²) in [6, 6.07) is 2.95. The lowest BCUT2D eigenvalue weighted by molar-refractivity contribution is -0.141. The van der Waals surface area contributed by atoms with Gasteiger partial charge in [0, 0.05) is 19.5 Å². The molecule has 14 heteroatoms. The van der Waals surface area contributed by atoms with Gasteiger partial charge in [0.25, 0.3) is 5.91 Å². The Kier molecular flexibility index (Phi) is 9.91. The topological polar surface area (TPSA) is 154 Å². The van der Waals surface area contributed by atoms with Crippen LogP contribution >= 0.6 is 0 Å². The summed E-state index contributed by atoms with van der Waals surface area (Å²) < 4.78 is 47.9. The van der Waals surface area contributed by atoms with Crippen molar-refractivity contribution in [1.29, 1.82) is 0 Å². The Morgan fingerprint density at radius 2 is 1.80 bits per heavy atom. The van der Waals surface area contributed by atoms with Gasteiger partial charge >= 0.3 is 16.3 Å². The zero-order valence-electron chi connectivity index (χ0n) is 25.6. The Balaban J connectivity index is 1.55. The first-order valence-corrected chi connectivity index (χ1v) is 16.4. The van der Waals surface area contributed by atoms with Crippen molar-refractivity contribution in [3.05, 3.63) is 42.2 Å². The monoisotopic (exact) mass is 635 g/mol. The fraction of sp³-hybridized carbons (Fsp3) is 0.600. The molecule has 44 heavy (non-hydrogen) atoms. The maximum absolute atomic E-state index is 13.7. The number of rotatable bonds is 5. The summed E-state index contributed by atoms with van der Waals surface area (Å²) in [4.78, 5) is 55.0. The van der Waals surface area contributed by atoms with Crippen LogP contribution in [0.2, 0.25) is 0 Å². The number of allylic oxidation sites excluding steroid dienone is 1. The average molecular weight is 636 g/mol. The minimum Gasteiger partial charge on any atom is -0.444 e. The molecule has 0 bridgehead atoms. The van der Waals surface area contributed by atoms with E-state index in [-0.39, 0.29) is 12.1 Å². The lowest BCUT2D eigenvalue weighted by atomic mass is 10.0. The molecule has 3 aliphatic rings. The van der Waals surface area contributed by atoms with E-state index in [0.717, 1.165) is 29.3 Å². The zero-order valence-corrected chi connectivity index (χ0v) is 26.4. The number of halogens is 1. The van der Waals surface area contributed by atoms with E-state index < -0.39 is 69.0 Å². The summed E-state index contributed by atoms with van der Waals surface area (Å²) in [6.07, 6.45) is 7.39. The first kappa shape index (κ1) is 33.2. The molecule has 2 fully saturated rings. The highest BCUT2D eigenvalue weighted by Crippen LogP contribution is 2.45. The van der Waals surface area contributed by atoms with E-state index in [9.17, 15) is 32.0 Å². The number of carbonyl (C=O) groups is 4. The minimum atomic E-state index is -4.41. The van der Waals surface area contributed by atoms with E-state index >= 15 is 0 Å². The molecule has 1 saturated carbocycles. The molecular weight excluding hydrogens is 593 g/mol. The van der Waals surface area contributed by atoms with Crippen LogP contribution in [0.25, 0.3) is 0 Å². The third kappa shape index (κ3) is 7.88. The lowest BCUT2D eigenvalue weighted by Gasteiger charge is -2.30. The van der Waals surface area contributed by atoms with Gasteiger partial charge in [-0.3, -0.25) is 18.7 Å². The number of benzene rings is 1. The van der Waals surface area contributed by atoms with Crippen molar-refractivity contribution < 1.29 is 36.7 Å². The van der Waals surface area contributed by atoms with E-state index in [1.807, 2.05) is 12.2 Å². The molecule has 12 nitrogen and oxygen atoms in total. The Labute approximate surface area is 257 Å². The van der Waals surface area contributed by atoms with Gasteiger partial charge in [-0.15, -0.1) is 0 Å². The third-order valence-corrected chi connectivity index (χ3v) is 9.47. The second-order valence-electron chi connectivity index (χ2n) is 12.6. The number of ether oxygens (including phenoxy) is 1. The van der Waals surface area contributed by atoms with E-state index in [2.05, 4.69) is 15.4 Å². The van der Waals surface area contributed by atoms with Crippen LogP contribution < -0.4 is 19.7 Å². The van der Waals surface area contributed by atoms with Crippen molar-refractivity contribution in [3.8, 4) is 0 Å². The quantitative estimate of drug-likeness (QED) is 0.421. The van der Waals surface area contributed by atoms with Crippen molar-refractivity contribution in [3.63, 3.8) is 0 Å². The van der Waals surface area contributed by atoms with Crippen molar-refractivity contribution in [2.75, 3.05) is 17.9 Å². The van der Waals surface area contributed by atoms with Crippen LogP contribution in [0.3, 0.4) is 0 Å². The molecule has 3 N–H and O–H groups in total. The normalized spacial score (nSPS) is 27.0. The van der Waals surface area contributed by atoms with E-state index in [4.69, 9.17) is 4.74 Å². The molecule has 4 rings (SSSR count).